The highest BCUT2D eigenvalue weighted by atomic mass is 16.5. The molecule has 0 unspecified atom stereocenters. The van der Waals surface area contributed by atoms with E-state index < -0.39 is 0 Å². The second-order valence-corrected chi connectivity index (χ2v) is 5.93. The van der Waals surface area contributed by atoms with Gasteiger partial charge < -0.3 is 15.8 Å². The molecule has 2 fully saturated rings. The third kappa shape index (κ3) is 4.44. The molecule has 1 aliphatic heterocycles. The molecule has 1 saturated carbocycles. The van der Waals surface area contributed by atoms with Gasteiger partial charge in [0.2, 0.25) is 5.91 Å². The zero-order chi connectivity index (χ0) is 13.6. The maximum absolute atomic E-state index is 11.4. The van der Waals surface area contributed by atoms with Crippen LogP contribution in [0.25, 0.3) is 0 Å². The zero-order valence-electron chi connectivity index (χ0n) is 11.8. The standard InChI is InChI=1S/C14H27N3O2/c15-10-13(18)16-11-14(4-2-1-3-5-14)12-17-6-8-19-9-7-17/h1-12,15H2,(H,16,18). The highest BCUT2D eigenvalue weighted by Gasteiger charge is 2.34. The number of nitrogens with zero attached hydrogens (tertiary/aromatic N) is 1. The predicted octanol–water partition coefficient (Wildman–Crippen LogP) is 0.344. The Morgan fingerprint density at radius 1 is 1.21 bits per heavy atom. The summed E-state index contributed by atoms with van der Waals surface area (Å²) in [5.74, 6) is -0.0353. The molecule has 0 radical (unpaired) electrons. The molecule has 0 bridgehead atoms. The van der Waals surface area contributed by atoms with Crippen LogP contribution in [-0.4, -0.2) is 56.7 Å². The van der Waals surface area contributed by atoms with Crippen molar-refractivity contribution in [1.82, 2.24) is 10.2 Å². The fourth-order valence-electron chi connectivity index (χ4n) is 3.28. The molecule has 1 amide bonds. The van der Waals surface area contributed by atoms with Crippen molar-refractivity contribution in [2.75, 3.05) is 45.9 Å². The maximum atomic E-state index is 11.4. The van der Waals surface area contributed by atoms with E-state index in [-0.39, 0.29) is 17.9 Å². The van der Waals surface area contributed by atoms with Crippen molar-refractivity contribution in [1.29, 1.82) is 0 Å². The molecule has 1 aliphatic carbocycles. The molecule has 0 aromatic carbocycles. The Hall–Kier alpha value is -0.650. The van der Waals surface area contributed by atoms with Gasteiger partial charge in [0.05, 0.1) is 19.8 Å². The molecular weight excluding hydrogens is 242 g/mol. The lowest BCUT2D eigenvalue weighted by Crippen LogP contribution is -2.50. The number of amides is 1. The molecule has 5 nitrogen and oxygen atoms in total. The molecule has 0 aromatic heterocycles. The molecule has 2 rings (SSSR count). The van der Waals surface area contributed by atoms with Gasteiger partial charge in [0.1, 0.15) is 0 Å². The topological polar surface area (TPSA) is 67.6 Å². The number of nitrogens with two attached hydrogens (primary N) is 1. The van der Waals surface area contributed by atoms with Gasteiger partial charge in [-0.3, -0.25) is 9.69 Å². The Bertz CT molecular complexity index is 284. The summed E-state index contributed by atoms with van der Waals surface area (Å²) in [7, 11) is 0. The number of hydrogen-bond donors (Lipinski definition) is 2. The van der Waals surface area contributed by atoms with E-state index in [0.29, 0.717) is 0 Å². The van der Waals surface area contributed by atoms with E-state index >= 15 is 0 Å². The highest BCUT2D eigenvalue weighted by Crippen LogP contribution is 2.36. The van der Waals surface area contributed by atoms with Gasteiger partial charge in [-0.15, -0.1) is 0 Å². The lowest BCUT2D eigenvalue weighted by Gasteiger charge is -2.42. The van der Waals surface area contributed by atoms with Crippen LogP contribution in [0.2, 0.25) is 0 Å². The van der Waals surface area contributed by atoms with E-state index in [1.54, 1.807) is 0 Å². The van der Waals surface area contributed by atoms with E-state index in [9.17, 15) is 4.79 Å². The normalized spacial score (nSPS) is 24.1. The first-order valence-electron chi connectivity index (χ1n) is 7.51. The van der Waals surface area contributed by atoms with E-state index in [2.05, 4.69) is 10.2 Å². The second kappa shape index (κ2) is 7.22. The largest absolute Gasteiger partial charge is 0.379 e. The van der Waals surface area contributed by atoms with E-state index in [1.165, 1.54) is 32.1 Å². The summed E-state index contributed by atoms with van der Waals surface area (Å²) in [4.78, 5) is 13.9. The average Bonchev–Trinajstić information content (AvgIpc) is 2.47. The fraction of sp³-hybridized carbons (Fsp3) is 0.929. The SMILES string of the molecule is NCC(=O)NCC1(CN2CCOCC2)CCCCC1. The van der Waals surface area contributed by atoms with Crippen LogP contribution >= 0.6 is 0 Å². The van der Waals surface area contributed by atoms with Crippen molar-refractivity contribution in [3.8, 4) is 0 Å². The van der Waals surface area contributed by atoms with Crippen molar-refractivity contribution in [2.24, 2.45) is 11.1 Å². The molecule has 0 aromatic rings. The first-order valence-corrected chi connectivity index (χ1v) is 7.51. The number of ether oxygens (including phenoxy) is 1. The van der Waals surface area contributed by atoms with E-state index in [1.807, 2.05) is 0 Å². The van der Waals surface area contributed by atoms with Crippen LogP contribution in [0.15, 0.2) is 0 Å². The summed E-state index contributed by atoms with van der Waals surface area (Å²) >= 11 is 0. The number of nitrogens with one attached hydrogen (secondary N) is 1. The number of hydrogen-bond acceptors (Lipinski definition) is 4. The minimum atomic E-state index is -0.0353. The molecule has 2 aliphatic rings. The second-order valence-electron chi connectivity index (χ2n) is 5.93. The summed E-state index contributed by atoms with van der Waals surface area (Å²) < 4.78 is 5.41. The van der Waals surface area contributed by atoms with E-state index in [0.717, 1.165) is 39.4 Å². The lowest BCUT2D eigenvalue weighted by molar-refractivity contribution is -0.120. The van der Waals surface area contributed by atoms with Crippen molar-refractivity contribution in [3.05, 3.63) is 0 Å². The van der Waals surface area contributed by atoms with Crippen LogP contribution in [0.5, 0.6) is 0 Å². The Balaban J connectivity index is 1.90. The first-order chi connectivity index (χ1) is 9.24. The Kier molecular flexibility index (Phi) is 5.60. The Morgan fingerprint density at radius 2 is 1.89 bits per heavy atom. The van der Waals surface area contributed by atoms with Crippen molar-refractivity contribution >= 4 is 5.91 Å². The lowest BCUT2D eigenvalue weighted by atomic mass is 9.73. The van der Waals surface area contributed by atoms with Crippen LogP contribution in [-0.2, 0) is 9.53 Å². The summed E-state index contributed by atoms with van der Waals surface area (Å²) in [5, 5.41) is 3.01. The average molecular weight is 269 g/mol. The molecule has 0 atom stereocenters. The fourth-order valence-corrected chi connectivity index (χ4v) is 3.28. The molecule has 1 heterocycles. The van der Waals surface area contributed by atoms with Gasteiger partial charge in [0.25, 0.3) is 0 Å². The predicted molar refractivity (Wildman–Crippen MR) is 74.8 cm³/mol. The molecule has 3 N–H and O–H groups in total. The van der Waals surface area contributed by atoms with Gasteiger partial charge in [0.15, 0.2) is 0 Å². The summed E-state index contributed by atoms with van der Waals surface area (Å²) in [6.45, 7) is 5.67. The zero-order valence-corrected chi connectivity index (χ0v) is 11.8. The van der Waals surface area contributed by atoms with Crippen LogP contribution < -0.4 is 11.1 Å². The van der Waals surface area contributed by atoms with E-state index in [4.69, 9.17) is 10.5 Å². The van der Waals surface area contributed by atoms with Gasteiger partial charge in [-0.1, -0.05) is 19.3 Å². The van der Waals surface area contributed by atoms with Gasteiger partial charge in [0, 0.05) is 31.6 Å². The highest BCUT2D eigenvalue weighted by molar-refractivity contribution is 5.77. The van der Waals surface area contributed by atoms with Gasteiger partial charge in [-0.05, 0) is 12.8 Å². The first kappa shape index (κ1) is 14.8. The van der Waals surface area contributed by atoms with Crippen molar-refractivity contribution in [3.63, 3.8) is 0 Å². The summed E-state index contributed by atoms with van der Waals surface area (Å²) in [6.07, 6.45) is 6.33. The molecular formula is C14H27N3O2. The maximum Gasteiger partial charge on any atom is 0.233 e. The third-order valence-electron chi connectivity index (χ3n) is 4.42. The summed E-state index contributed by atoms with van der Waals surface area (Å²) in [6, 6.07) is 0. The number of morpholine rings is 1. The summed E-state index contributed by atoms with van der Waals surface area (Å²) in [5.41, 5.74) is 5.63. The van der Waals surface area contributed by atoms with Crippen LogP contribution in [0.4, 0.5) is 0 Å². The number of rotatable bonds is 5. The molecule has 110 valence electrons. The minimum Gasteiger partial charge on any atom is -0.379 e. The monoisotopic (exact) mass is 269 g/mol. The smallest absolute Gasteiger partial charge is 0.233 e. The molecule has 5 heteroatoms. The Morgan fingerprint density at radius 3 is 2.53 bits per heavy atom. The quantitative estimate of drug-likeness (QED) is 0.755. The molecule has 0 spiro atoms. The third-order valence-corrected chi connectivity index (χ3v) is 4.42. The molecule has 19 heavy (non-hydrogen) atoms. The van der Waals surface area contributed by atoms with Gasteiger partial charge in [-0.2, -0.15) is 0 Å². The van der Waals surface area contributed by atoms with Crippen molar-refractivity contribution < 1.29 is 9.53 Å². The van der Waals surface area contributed by atoms with Gasteiger partial charge in [-0.25, -0.2) is 0 Å². The Labute approximate surface area is 115 Å². The number of carbonyl (C=O) groups is 1. The minimum absolute atomic E-state index is 0.0353. The number of carbonyl (C=O) groups excluding carboxylic acids is 1. The van der Waals surface area contributed by atoms with Gasteiger partial charge >= 0.3 is 0 Å². The molecule has 1 saturated heterocycles. The van der Waals surface area contributed by atoms with Crippen molar-refractivity contribution in [2.45, 2.75) is 32.1 Å². The van der Waals surface area contributed by atoms with Crippen LogP contribution in [0, 0.1) is 5.41 Å². The van der Waals surface area contributed by atoms with Crippen LogP contribution in [0.1, 0.15) is 32.1 Å². The van der Waals surface area contributed by atoms with Crippen LogP contribution in [0.3, 0.4) is 0 Å².